The molecule has 0 aromatic rings. The van der Waals surface area contributed by atoms with Crippen molar-refractivity contribution in [3.63, 3.8) is 0 Å². The molecule has 50 valence electrons. The molecule has 1 heterocycles. The predicted octanol–water partition coefficient (Wildman–Crippen LogP) is 0.754. The molecule has 0 N–H and O–H groups in total. The lowest BCUT2D eigenvalue weighted by molar-refractivity contribution is -0.125. The molecule has 2 atom stereocenters. The fraction of sp³-hybridized carbons (Fsp3) is 0.857. The van der Waals surface area contributed by atoms with Gasteiger partial charge in [-0.1, -0.05) is 0 Å². The number of Topliss-reactive ketones (excluding diaryl/α,β-unsaturated/α-hetero) is 1. The second-order valence-electron chi connectivity index (χ2n) is 2.85. The molecule has 2 nitrogen and oxygen atoms in total. The number of hydrogen-bond acceptors (Lipinski definition) is 2. The minimum absolute atomic E-state index is 0.00463. The van der Waals surface area contributed by atoms with Crippen molar-refractivity contribution in [3.8, 4) is 0 Å². The van der Waals surface area contributed by atoms with E-state index >= 15 is 0 Å². The molecule has 0 bridgehead atoms. The Bertz CT molecular complexity index is 142. The van der Waals surface area contributed by atoms with Gasteiger partial charge in [-0.25, -0.2) is 0 Å². The van der Waals surface area contributed by atoms with E-state index in [2.05, 4.69) is 0 Å². The molecule has 2 unspecified atom stereocenters. The van der Waals surface area contributed by atoms with Gasteiger partial charge >= 0.3 is 0 Å². The van der Waals surface area contributed by atoms with Gasteiger partial charge in [-0.15, -0.1) is 0 Å². The van der Waals surface area contributed by atoms with Crippen LogP contribution in [0, 0.1) is 5.92 Å². The normalized spacial score (nSPS) is 41.6. The van der Waals surface area contributed by atoms with Crippen LogP contribution in [0.5, 0.6) is 0 Å². The second-order valence-corrected chi connectivity index (χ2v) is 2.85. The van der Waals surface area contributed by atoms with Crippen molar-refractivity contribution in [2.45, 2.75) is 25.4 Å². The molecule has 9 heavy (non-hydrogen) atoms. The molecule has 0 spiro atoms. The van der Waals surface area contributed by atoms with E-state index in [0.29, 0.717) is 11.7 Å². The van der Waals surface area contributed by atoms with Gasteiger partial charge in [0.25, 0.3) is 0 Å². The van der Waals surface area contributed by atoms with Gasteiger partial charge in [-0.05, 0) is 18.8 Å². The average Bonchev–Trinajstić information content (AvgIpc) is 2.35. The summed E-state index contributed by atoms with van der Waals surface area (Å²) in [6, 6.07) is 0. The van der Waals surface area contributed by atoms with Crippen LogP contribution in [0.1, 0.15) is 19.3 Å². The van der Waals surface area contributed by atoms with Crippen molar-refractivity contribution >= 4 is 5.78 Å². The zero-order valence-corrected chi connectivity index (χ0v) is 5.30. The monoisotopic (exact) mass is 126 g/mol. The van der Waals surface area contributed by atoms with E-state index in [0.717, 1.165) is 25.9 Å². The molecule has 1 aliphatic carbocycles. The van der Waals surface area contributed by atoms with E-state index in [1.165, 1.54) is 0 Å². The van der Waals surface area contributed by atoms with Gasteiger partial charge in [0.1, 0.15) is 6.10 Å². The lowest BCUT2D eigenvalue weighted by Crippen LogP contribution is -2.16. The van der Waals surface area contributed by atoms with Crippen LogP contribution >= 0.6 is 0 Å². The quantitative estimate of drug-likeness (QED) is 0.479. The van der Waals surface area contributed by atoms with E-state index in [1.807, 2.05) is 0 Å². The first-order valence-electron chi connectivity index (χ1n) is 3.52. The summed E-state index contributed by atoms with van der Waals surface area (Å²) >= 11 is 0. The van der Waals surface area contributed by atoms with Crippen molar-refractivity contribution < 1.29 is 9.53 Å². The number of fused-ring (bicyclic) bond motifs is 1. The number of carbonyl (C=O) groups is 1. The van der Waals surface area contributed by atoms with Crippen LogP contribution in [0.3, 0.4) is 0 Å². The summed E-state index contributed by atoms with van der Waals surface area (Å²) in [6.07, 6.45) is 2.94. The average molecular weight is 126 g/mol. The highest BCUT2D eigenvalue weighted by molar-refractivity contribution is 5.85. The van der Waals surface area contributed by atoms with Gasteiger partial charge in [0.2, 0.25) is 0 Å². The second kappa shape index (κ2) is 1.81. The molecule has 0 amide bonds. The number of rotatable bonds is 0. The molecular formula is C7H10O2. The first-order chi connectivity index (χ1) is 4.38. The molecule has 1 saturated heterocycles. The lowest BCUT2D eigenvalue weighted by Gasteiger charge is -2.02. The Morgan fingerprint density at radius 2 is 2.33 bits per heavy atom. The van der Waals surface area contributed by atoms with Crippen LogP contribution in [-0.4, -0.2) is 18.5 Å². The summed E-state index contributed by atoms with van der Waals surface area (Å²) in [5.41, 5.74) is 0. The van der Waals surface area contributed by atoms with Gasteiger partial charge < -0.3 is 4.74 Å². The largest absolute Gasteiger partial charge is 0.370 e. The number of hydrogen-bond donors (Lipinski definition) is 0. The smallest absolute Gasteiger partial charge is 0.161 e. The summed E-state index contributed by atoms with van der Waals surface area (Å²) in [4.78, 5) is 10.9. The van der Waals surface area contributed by atoms with E-state index in [1.54, 1.807) is 0 Å². The Labute approximate surface area is 54.2 Å². The molecule has 0 radical (unpaired) electrons. The van der Waals surface area contributed by atoms with E-state index < -0.39 is 0 Å². The molecule has 2 aliphatic rings. The minimum Gasteiger partial charge on any atom is -0.370 e. The van der Waals surface area contributed by atoms with Crippen molar-refractivity contribution in [2.24, 2.45) is 5.92 Å². The van der Waals surface area contributed by atoms with Gasteiger partial charge in [-0.3, -0.25) is 4.79 Å². The number of ether oxygens (including phenoxy) is 1. The van der Waals surface area contributed by atoms with E-state index in [-0.39, 0.29) is 6.10 Å². The Kier molecular flexibility index (Phi) is 1.09. The summed E-state index contributed by atoms with van der Waals surface area (Å²) in [5, 5.41) is 0. The van der Waals surface area contributed by atoms with Crippen LogP contribution in [0.15, 0.2) is 0 Å². The van der Waals surface area contributed by atoms with Crippen molar-refractivity contribution in [1.29, 1.82) is 0 Å². The molecule has 2 heteroatoms. The fourth-order valence-electron chi connectivity index (χ4n) is 1.76. The van der Waals surface area contributed by atoms with Crippen LogP contribution in [0.25, 0.3) is 0 Å². The van der Waals surface area contributed by atoms with E-state index in [9.17, 15) is 4.79 Å². The highest BCUT2D eigenvalue weighted by Crippen LogP contribution is 2.32. The lowest BCUT2D eigenvalue weighted by atomic mass is 10.1. The zero-order chi connectivity index (χ0) is 6.27. The maximum Gasteiger partial charge on any atom is 0.161 e. The molecule has 1 aliphatic heterocycles. The van der Waals surface area contributed by atoms with Gasteiger partial charge in [0.05, 0.1) is 0 Å². The first-order valence-corrected chi connectivity index (χ1v) is 3.52. The summed E-state index contributed by atoms with van der Waals surface area (Å²) < 4.78 is 5.24. The Balaban J connectivity index is 2.15. The molecule has 0 aromatic heterocycles. The van der Waals surface area contributed by atoms with Crippen LogP contribution < -0.4 is 0 Å². The SMILES string of the molecule is O=C1CCC2CCOC12. The molecule has 0 aromatic carbocycles. The topological polar surface area (TPSA) is 26.3 Å². The Morgan fingerprint density at radius 1 is 1.44 bits per heavy atom. The number of ketones is 1. The maximum absolute atomic E-state index is 10.9. The molecule has 1 saturated carbocycles. The van der Waals surface area contributed by atoms with Crippen LogP contribution in [0.4, 0.5) is 0 Å². The van der Waals surface area contributed by atoms with E-state index in [4.69, 9.17) is 4.74 Å². The minimum atomic E-state index is 0.00463. The highest BCUT2D eigenvalue weighted by Gasteiger charge is 2.38. The Hall–Kier alpha value is -0.370. The molecule has 2 rings (SSSR count). The summed E-state index contributed by atoms with van der Waals surface area (Å²) in [7, 11) is 0. The summed E-state index contributed by atoms with van der Waals surface area (Å²) in [6.45, 7) is 0.807. The van der Waals surface area contributed by atoms with Gasteiger partial charge in [-0.2, -0.15) is 0 Å². The Morgan fingerprint density at radius 3 is 3.11 bits per heavy atom. The predicted molar refractivity (Wildman–Crippen MR) is 32.1 cm³/mol. The fourth-order valence-corrected chi connectivity index (χ4v) is 1.76. The van der Waals surface area contributed by atoms with Crippen molar-refractivity contribution in [2.75, 3.05) is 6.61 Å². The van der Waals surface area contributed by atoms with Crippen LogP contribution in [0.2, 0.25) is 0 Å². The van der Waals surface area contributed by atoms with Gasteiger partial charge in [0, 0.05) is 13.0 Å². The third kappa shape index (κ3) is 0.697. The third-order valence-corrected chi connectivity index (χ3v) is 2.29. The number of carbonyl (C=O) groups excluding carboxylic acids is 1. The van der Waals surface area contributed by atoms with Crippen molar-refractivity contribution in [1.82, 2.24) is 0 Å². The third-order valence-electron chi connectivity index (χ3n) is 2.29. The molecule has 2 fully saturated rings. The van der Waals surface area contributed by atoms with Crippen LogP contribution in [-0.2, 0) is 9.53 Å². The maximum atomic E-state index is 10.9. The highest BCUT2D eigenvalue weighted by atomic mass is 16.5. The zero-order valence-electron chi connectivity index (χ0n) is 5.30. The standard InChI is InChI=1S/C7H10O2/c8-6-2-1-5-3-4-9-7(5)6/h5,7H,1-4H2. The first kappa shape index (κ1) is 5.42. The van der Waals surface area contributed by atoms with Gasteiger partial charge in [0.15, 0.2) is 5.78 Å². The molecular weight excluding hydrogens is 116 g/mol. The van der Waals surface area contributed by atoms with Crippen molar-refractivity contribution in [3.05, 3.63) is 0 Å². The summed E-state index contributed by atoms with van der Waals surface area (Å²) in [5.74, 6) is 0.912.